The minimum Gasteiger partial charge on any atom is -0.494 e. The third-order valence-corrected chi connectivity index (χ3v) is 7.87. The number of nitrogens with one attached hydrogen (secondary N) is 1. The van der Waals surface area contributed by atoms with Crippen molar-refractivity contribution < 1.29 is 17.9 Å². The normalized spacial score (nSPS) is 11.8. The van der Waals surface area contributed by atoms with E-state index in [1.165, 1.54) is 25.7 Å². The number of carbonyl (C=O) groups excluding carboxylic acids is 1. The van der Waals surface area contributed by atoms with Crippen LogP contribution in [0.25, 0.3) is 10.9 Å². The van der Waals surface area contributed by atoms with Crippen LogP contribution < -0.4 is 9.46 Å². The third kappa shape index (κ3) is 8.83. The summed E-state index contributed by atoms with van der Waals surface area (Å²) in [5, 5.41) is 0.903. The summed E-state index contributed by atoms with van der Waals surface area (Å²) in [5.41, 5.74) is 3.61. The molecule has 8 heteroatoms. The molecule has 2 aromatic carbocycles. The molecule has 0 amide bonds. The Morgan fingerprint density at radius 1 is 0.900 bits per heavy atom. The van der Waals surface area contributed by atoms with E-state index in [9.17, 15) is 13.2 Å². The smallest absolute Gasteiger partial charge is 0.229 e. The predicted octanol–water partition coefficient (Wildman–Crippen LogP) is 6.79. The van der Waals surface area contributed by atoms with Crippen LogP contribution in [0.5, 0.6) is 5.75 Å². The van der Waals surface area contributed by atoms with E-state index in [1.54, 1.807) is 6.07 Å². The summed E-state index contributed by atoms with van der Waals surface area (Å²) in [6.45, 7) is 10.6. The van der Waals surface area contributed by atoms with E-state index < -0.39 is 10.0 Å². The molecule has 0 saturated heterocycles. The molecule has 0 radical (unpaired) electrons. The zero-order valence-electron chi connectivity index (χ0n) is 25.0. The average molecular weight is 570 g/mol. The van der Waals surface area contributed by atoms with E-state index in [1.807, 2.05) is 48.0 Å². The molecule has 0 bridgehead atoms. The fraction of sp³-hybridized carbons (Fsp3) is 0.531. The molecule has 0 spiro atoms. The molecule has 0 atom stereocenters. The van der Waals surface area contributed by atoms with Crippen molar-refractivity contribution in [2.75, 3.05) is 37.2 Å². The number of fused-ring (bicyclic) bond motifs is 1. The SMILES string of the molecule is CCCCc1c(C(=O)c2ccc(OCCCN(CCCC)CCCC)cc2)n(C)c2ccc(NS(C)(=O)=O)cc12. The third-order valence-electron chi connectivity index (χ3n) is 7.26. The largest absolute Gasteiger partial charge is 0.494 e. The molecule has 40 heavy (non-hydrogen) atoms. The minimum absolute atomic E-state index is 0.0449. The Bertz CT molecular complexity index is 1340. The summed E-state index contributed by atoms with van der Waals surface area (Å²) in [6.07, 6.45) is 9.67. The van der Waals surface area contributed by atoms with Crippen molar-refractivity contribution in [3.05, 3.63) is 59.3 Å². The molecular formula is C32H47N3O4S. The first kappa shape index (κ1) is 31.7. The molecule has 1 aromatic heterocycles. The highest BCUT2D eigenvalue weighted by Gasteiger charge is 2.22. The maximum absolute atomic E-state index is 13.8. The zero-order valence-corrected chi connectivity index (χ0v) is 25.8. The highest BCUT2D eigenvalue weighted by molar-refractivity contribution is 7.92. The highest BCUT2D eigenvalue weighted by Crippen LogP contribution is 2.31. The van der Waals surface area contributed by atoms with Gasteiger partial charge in [0.05, 0.1) is 18.6 Å². The summed E-state index contributed by atoms with van der Waals surface area (Å²) in [5.74, 6) is 0.724. The van der Waals surface area contributed by atoms with Gasteiger partial charge in [0.25, 0.3) is 0 Å². The van der Waals surface area contributed by atoms with Gasteiger partial charge >= 0.3 is 0 Å². The highest BCUT2D eigenvalue weighted by atomic mass is 32.2. The molecule has 0 unspecified atom stereocenters. The lowest BCUT2D eigenvalue weighted by atomic mass is 9.99. The van der Waals surface area contributed by atoms with Crippen LogP contribution in [0.15, 0.2) is 42.5 Å². The number of rotatable bonds is 18. The van der Waals surface area contributed by atoms with E-state index >= 15 is 0 Å². The molecule has 3 rings (SSSR count). The molecule has 220 valence electrons. The maximum Gasteiger partial charge on any atom is 0.229 e. The van der Waals surface area contributed by atoms with Crippen LogP contribution in [0.3, 0.4) is 0 Å². The number of anilines is 1. The minimum atomic E-state index is -3.40. The molecule has 0 aliphatic rings. The molecule has 0 aliphatic carbocycles. The zero-order chi connectivity index (χ0) is 29.1. The maximum atomic E-state index is 13.8. The Morgan fingerprint density at radius 2 is 1.52 bits per heavy atom. The molecule has 0 fully saturated rings. The molecule has 1 heterocycles. The number of hydrogen-bond donors (Lipinski definition) is 1. The van der Waals surface area contributed by atoms with E-state index in [0.29, 0.717) is 23.6 Å². The number of nitrogens with zero attached hydrogens (tertiary/aromatic N) is 2. The van der Waals surface area contributed by atoms with E-state index in [0.717, 1.165) is 73.8 Å². The molecule has 3 aromatic rings. The molecule has 7 nitrogen and oxygen atoms in total. The first-order valence-corrected chi connectivity index (χ1v) is 16.7. The van der Waals surface area contributed by atoms with Gasteiger partial charge in [-0.25, -0.2) is 8.42 Å². The van der Waals surface area contributed by atoms with Crippen LogP contribution in [0.4, 0.5) is 5.69 Å². The summed E-state index contributed by atoms with van der Waals surface area (Å²) < 4.78 is 34.1. The lowest BCUT2D eigenvalue weighted by molar-refractivity contribution is 0.103. The van der Waals surface area contributed by atoms with Gasteiger partial charge in [-0.2, -0.15) is 0 Å². The number of hydrogen-bond acceptors (Lipinski definition) is 5. The number of sulfonamides is 1. The summed E-state index contributed by atoms with van der Waals surface area (Å²) in [7, 11) is -1.50. The van der Waals surface area contributed by atoms with Gasteiger partial charge < -0.3 is 14.2 Å². The summed E-state index contributed by atoms with van der Waals surface area (Å²) >= 11 is 0. The Labute approximate surface area is 241 Å². The average Bonchev–Trinajstić information content (AvgIpc) is 3.20. The van der Waals surface area contributed by atoms with E-state index in [-0.39, 0.29) is 5.78 Å². The Hall–Kier alpha value is -2.84. The molecular weight excluding hydrogens is 522 g/mol. The number of ketones is 1. The Morgan fingerprint density at radius 3 is 2.12 bits per heavy atom. The van der Waals surface area contributed by atoms with Crippen molar-refractivity contribution in [3.8, 4) is 5.75 Å². The second kappa shape index (κ2) is 15.2. The number of benzene rings is 2. The van der Waals surface area contributed by atoms with Gasteiger partial charge in [-0.15, -0.1) is 0 Å². The van der Waals surface area contributed by atoms with Crippen molar-refractivity contribution in [1.29, 1.82) is 0 Å². The standard InChI is InChI=1S/C32H47N3O4S/c1-6-9-13-28-29-24-26(33-40(5,37)38)16-19-30(29)34(4)31(28)32(36)25-14-17-27(18-15-25)39-23-12-22-35(20-10-7-2)21-11-8-3/h14-19,24,33H,6-13,20-23H2,1-5H3. The van der Waals surface area contributed by atoms with Crippen LogP contribution in [0, 0.1) is 0 Å². The number of aryl methyl sites for hydroxylation is 2. The first-order chi connectivity index (χ1) is 19.2. The fourth-order valence-electron chi connectivity index (χ4n) is 5.11. The molecule has 0 saturated carbocycles. The number of unbranched alkanes of at least 4 members (excludes halogenated alkanes) is 3. The van der Waals surface area contributed by atoms with Crippen molar-refractivity contribution in [2.24, 2.45) is 7.05 Å². The lowest BCUT2D eigenvalue weighted by Gasteiger charge is -2.21. The summed E-state index contributed by atoms with van der Waals surface area (Å²) in [4.78, 5) is 16.3. The lowest BCUT2D eigenvalue weighted by Crippen LogP contribution is -2.28. The quantitative estimate of drug-likeness (QED) is 0.135. The van der Waals surface area contributed by atoms with Gasteiger partial charge in [0.15, 0.2) is 0 Å². The van der Waals surface area contributed by atoms with Crippen LogP contribution in [0.2, 0.25) is 0 Å². The molecule has 1 N–H and O–H groups in total. The van der Waals surface area contributed by atoms with Gasteiger partial charge in [0.1, 0.15) is 5.75 Å². The van der Waals surface area contributed by atoms with Crippen molar-refractivity contribution >= 4 is 32.4 Å². The predicted molar refractivity (Wildman–Crippen MR) is 166 cm³/mol. The topological polar surface area (TPSA) is 80.6 Å². The summed E-state index contributed by atoms with van der Waals surface area (Å²) in [6, 6.07) is 12.9. The van der Waals surface area contributed by atoms with Gasteiger partial charge in [0.2, 0.25) is 15.8 Å². The fourth-order valence-corrected chi connectivity index (χ4v) is 5.67. The number of ether oxygens (including phenoxy) is 1. The molecule has 0 aliphatic heterocycles. The van der Waals surface area contributed by atoms with Gasteiger partial charge in [-0.1, -0.05) is 40.0 Å². The van der Waals surface area contributed by atoms with Crippen LogP contribution in [-0.4, -0.2) is 56.2 Å². The van der Waals surface area contributed by atoms with E-state index in [2.05, 4.69) is 30.4 Å². The Kier molecular flexibility index (Phi) is 12.1. The van der Waals surface area contributed by atoms with Gasteiger partial charge in [0, 0.05) is 35.7 Å². The van der Waals surface area contributed by atoms with Crippen molar-refractivity contribution in [1.82, 2.24) is 9.47 Å². The van der Waals surface area contributed by atoms with Gasteiger partial charge in [-0.3, -0.25) is 9.52 Å². The monoisotopic (exact) mass is 569 g/mol. The Balaban J connectivity index is 1.74. The van der Waals surface area contributed by atoms with E-state index in [4.69, 9.17) is 4.74 Å². The van der Waals surface area contributed by atoms with Gasteiger partial charge in [-0.05, 0) is 93.2 Å². The van der Waals surface area contributed by atoms with Crippen LogP contribution >= 0.6 is 0 Å². The van der Waals surface area contributed by atoms with Crippen LogP contribution in [-0.2, 0) is 23.5 Å². The second-order valence-electron chi connectivity index (χ2n) is 10.7. The second-order valence-corrected chi connectivity index (χ2v) is 12.4. The van der Waals surface area contributed by atoms with Crippen LogP contribution in [0.1, 0.15) is 87.3 Å². The number of carbonyl (C=O) groups is 1. The number of aromatic nitrogens is 1. The van der Waals surface area contributed by atoms with Crippen molar-refractivity contribution in [2.45, 2.75) is 72.1 Å². The first-order valence-electron chi connectivity index (χ1n) is 14.8. The van der Waals surface area contributed by atoms with Crippen molar-refractivity contribution in [3.63, 3.8) is 0 Å².